The van der Waals surface area contributed by atoms with E-state index in [1.165, 1.54) is 0 Å². The monoisotopic (exact) mass is 390 g/mol. The van der Waals surface area contributed by atoms with Gasteiger partial charge in [0.2, 0.25) is 0 Å². The second-order valence-corrected chi connectivity index (χ2v) is 7.61. The Morgan fingerprint density at radius 1 is 1.15 bits per heavy atom. The Morgan fingerprint density at radius 3 is 2.19 bits per heavy atom. The lowest BCUT2D eigenvalue weighted by molar-refractivity contribution is 0.0429. The number of nitrogens with one attached hydrogen (secondary N) is 1. The third-order valence-electron chi connectivity index (χ3n) is 4.22. The molecule has 2 amide bonds. The highest BCUT2D eigenvalue weighted by Gasteiger charge is 2.34. The highest BCUT2D eigenvalue weighted by atomic mass is 19.2. The van der Waals surface area contributed by atoms with Gasteiger partial charge in [0.05, 0.1) is 0 Å². The van der Waals surface area contributed by atoms with Gasteiger partial charge in [-0.2, -0.15) is 0 Å². The predicted molar refractivity (Wildman–Crippen MR) is 89.1 cm³/mol. The van der Waals surface area contributed by atoms with Crippen LogP contribution in [-0.4, -0.2) is 41.6 Å². The maximum Gasteiger partial charge on any atom is 0.407 e. The second-order valence-electron chi connectivity index (χ2n) is 7.61. The van der Waals surface area contributed by atoms with E-state index >= 15 is 0 Å². The molecule has 0 aliphatic carbocycles. The highest BCUT2D eigenvalue weighted by Crippen LogP contribution is 2.24. The molecule has 1 aliphatic rings. The quantitative estimate of drug-likeness (QED) is 0.620. The van der Waals surface area contributed by atoms with Gasteiger partial charge in [-0.3, -0.25) is 4.79 Å². The molecule has 1 aromatic rings. The van der Waals surface area contributed by atoms with Gasteiger partial charge in [0.15, 0.2) is 23.3 Å². The van der Waals surface area contributed by atoms with Crippen LogP contribution in [0.25, 0.3) is 0 Å². The Kier molecular flexibility index (Phi) is 6.01. The zero-order valence-corrected chi connectivity index (χ0v) is 15.5. The fourth-order valence-corrected chi connectivity index (χ4v) is 2.92. The van der Waals surface area contributed by atoms with Gasteiger partial charge >= 0.3 is 6.09 Å². The number of carbonyl (C=O) groups excluding carboxylic acids is 2. The Morgan fingerprint density at radius 2 is 1.70 bits per heavy atom. The second kappa shape index (κ2) is 7.74. The SMILES string of the molecule is C[C@@H]1CN(C(=O)c2c(F)c(F)cc(F)c2F)CC[C@@H]1NC(=O)OC(C)(C)C. The van der Waals surface area contributed by atoms with Crippen LogP contribution in [0.4, 0.5) is 22.4 Å². The molecule has 0 aromatic heterocycles. The summed E-state index contributed by atoms with van der Waals surface area (Å²) < 4.78 is 59.6. The molecule has 1 fully saturated rings. The maximum atomic E-state index is 13.8. The van der Waals surface area contributed by atoms with Crippen molar-refractivity contribution in [2.75, 3.05) is 13.1 Å². The van der Waals surface area contributed by atoms with E-state index in [-0.39, 0.29) is 31.1 Å². The number of amides is 2. The van der Waals surface area contributed by atoms with Gasteiger partial charge in [0.1, 0.15) is 11.2 Å². The standard InChI is InChI=1S/C18H22F4N2O3/c1-9-8-24(6-5-12(9)23-17(26)27-18(2,3)4)16(25)13-14(21)10(19)7-11(20)15(13)22/h7,9,12H,5-6,8H2,1-4H3,(H,23,26)/t9-,12+/m1/s1. The van der Waals surface area contributed by atoms with Crippen molar-refractivity contribution < 1.29 is 31.9 Å². The van der Waals surface area contributed by atoms with Gasteiger partial charge in [-0.05, 0) is 33.1 Å². The largest absolute Gasteiger partial charge is 0.444 e. The lowest BCUT2D eigenvalue weighted by Crippen LogP contribution is -2.52. The number of likely N-dealkylation sites (tertiary alicyclic amines) is 1. The molecule has 1 aliphatic heterocycles. The minimum atomic E-state index is -1.72. The summed E-state index contributed by atoms with van der Waals surface area (Å²) in [6, 6.07) is -0.260. The summed E-state index contributed by atoms with van der Waals surface area (Å²) in [5, 5.41) is 2.70. The molecule has 9 heteroatoms. The molecule has 5 nitrogen and oxygen atoms in total. The van der Waals surface area contributed by atoms with Crippen molar-refractivity contribution >= 4 is 12.0 Å². The average molecular weight is 390 g/mol. The molecule has 0 unspecified atom stereocenters. The summed E-state index contributed by atoms with van der Waals surface area (Å²) in [5.41, 5.74) is -1.92. The third-order valence-corrected chi connectivity index (χ3v) is 4.22. The van der Waals surface area contributed by atoms with Crippen molar-refractivity contribution in [2.45, 2.75) is 45.8 Å². The lowest BCUT2D eigenvalue weighted by Gasteiger charge is -2.37. The molecule has 2 atom stereocenters. The number of hydrogen-bond acceptors (Lipinski definition) is 3. The first-order valence-corrected chi connectivity index (χ1v) is 8.52. The van der Waals surface area contributed by atoms with Gasteiger partial charge < -0.3 is 15.0 Å². The van der Waals surface area contributed by atoms with Crippen LogP contribution in [-0.2, 0) is 4.74 Å². The Hall–Kier alpha value is -2.32. The van der Waals surface area contributed by atoms with Crippen molar-refractivity contribution in [3.05, 3.63) is 34.9 Å². The molecule has 1 heterocycles. The Labute approximate surface area is 154 Å². The molecule has 1 saturated heterocycles. The van der Waals surface area contributed by atoms with Crippen LogP contribution < -0.4 is 5.32 Å². The molecule has 1 aromatic carbocycles. The fraction of sp³-hybridized carbons (Fsp3) is 0.556. The Balaban J connectivity index is 2.08. The number of piperidine rings is 1. The topological polar surface area (TPSA) is 58.6 Å². The van der Waals surface area contributed by atoms with Crippen LogP contribution in [0.1, 0.15) is 44.5 Å². The average Bonchev–Trinajstić information content (AvgIpc) is 2.53. The summed E-state index contributed by atoms with van der Waals surface area (Å²) in [6.07, 6.45) is -0.309. The van der Waals surface area contributed by atoms with Crippen LogP contribution in [0.3, 0.4) is 0 Å². The van der Waals surface area contributed by atoms with E-state index in [0.29, 0.717) is 6.42 Å². The first kappa shape index (κ1) is 21.0. The number of rotatable bonds is 2. The first-order chi connectivity index (χ1) is 12.4. The van der Waals surface area contributed by atoms with Gasteiger partial charge in [-0.15, -0.1) is 0 Å². The minimum Gasteiger partial charge on any atom is -0.444 e. The van der Waals surface area contributed by atoms with Gasteiger partial charge in [-0.25, -0.2) is 22.4 Å². The molecule has 27 heavy (non-hydrogen) atoms. The number of halogens is 4. The molecule has 2 rings (SSSR count). The summed E-state index contributed by atoms with van der Waals surface area (Å²) >= 11 is 0. The van der Waals surface area contributed by atoms with E-state index in [4.69, 9.17) is 4.74 Å². The maximum absolute atomic E-state index is 13.8. The lowest BCUT2D eigenvalue weighted by atomic mass is 9.93. The summed E-state index contributed by atoms with van der Waals surface area (Å²) in [4.78, 5) is 25.4. The van der Waals surface area contributed by atoms with Crippen molar-refractivity contribution in [1.82, 2.24) is 10.2 Å². The summed E-state index contributed by atoms with van der Waals surface area (Å²) in [5.74, 6) is -8.11. The normalized spacial score (nSPS) is 20.4. The number of hydrogen-bond donors (Lipinski definition) is 1. The molecular weight excluding hydrogens is 368 g/mol. The predicted octanol–water partition coefficient (Wildman–Crippen LogP) is 3.62. The molecule has 150 valence electrons. The van der Waals surface area contributed by atoms with Crippen molar-refractivity contribution in [3.63, 3.8) is 0 Å². The zero-order valence-electron chi connectivity index (χ0n) is 15.5. The smallest absolute Gasteiger partial charge is 0.407 e. The van der Waals surface area contributed by atoms with Gasteiger partial charge in [0, 0.05) is 25.2 Å². The van der Waals surface area contributed by atoms with Crippen LogP contribution in [0.15, 0.2) is 6.07 Å². The first-order valence-electron chi connectivity index (χ1n) is 8.52. The number of ether oxygens (including phenoxy) is 1. The molecule has 0 radical (unpaired) electrons. The van der Waals surface area contributed by atoms with Gasteiger partial charge in [-0.1, -0.05) is 6.92 Å². The van der Waals surface area contributed by atoms with E-state index in [9.17, 15) is 27.2 Å². The molecule has 0 spiro atoms. The van der Waals surface area contributed by atoms with Crippen molar-refractivity contribution in [3.8, 4) is 0 Å². The van der Waals surface area contributed by atoms with E-state index in [0.717, 1.165) is 4.90 Å². The molecular formula is C18H22F4N2O3. The van der Waals surface area contributed by atoms with Gasteiger partial charge in [0.25, 0.3) is 5.91 Å². The van der Waals surface area contributed by atoms with Crippen LogP contribution >= 0.6 is 0 Å². The van der Waals surface area contributed by atoms with E-state index in [1.54, 1.807) is 27.7 Å². The van der Waals surface area contributed by atoms with E-state index in [1.807, 2.05) is 0 Å². The van der Waals surface area contributed by atoms with Crippen LogP contribution in [0, 0.1) is 29.2 Å². The van der Waals surface area contributed by atoms with Crippen LogP contribution in [0.2, 0.25) is 0 Å². The highest BCUT2D eigenvalue weighted by molar-refractivity contribution is 5.95. The number of alkyl carbamates (subject to hydrolysis) is 1. The fourth-order valence-electron chi connectivity index (χ4n) is 2.92. The molecule has 0 saturated carbocycles. The summed E-state index contributed by atoms with van der Waals surface area (Å²) in [6.45, 7) is 7.01. The molecule has 1 N–H and O–H groups in total. The van der Waals surface area contributed by atoms with Crippen molar-refractivity contribution in [2.24, 2.45) is 5.92 Å². The van der Waals surface area contributed by atoms with E-state index < -0.39 is 46.4 Å². The Bertz CT molecular complexity index is 723. The van der Waals surface area contributed by atoms with Crippen LogP contribution in [0.5, 0.6) is 0 Å². The van der Waals surface area contributed by atoms with E-state index in [2.05, 4.69) is 5.32 Å². The molecule has 0 bridgehead atoms. The summed E-state index contributed by atoms with van der Waals surface area (Å²) in [7, 11) is 0. The minimum absolute atomic E-state index is 0.0519. The van der Waals surface area contributed by atoms with Crippen molar-refractivity contribution in [1.29, 1.82) is 0 Å². The third kappa shape index (κ3) is 4.90. The number of carbonyl (C=O) groups is 2. The number of nitrogens with zero attached hydrogens (tertiary/aromatic N) is 1. The number of benzene rings is 1. The zero-order chi connectivity index (χ0) is 20.5.